The fraction of sp³-hybridized carbons (Fsp3) is 0.0769. The van der Waals surface area contributed by atoms with Crippen molar-refractivity contribution >= 4 is 7.82 Å². The first-order valence-corrected chi connectivity index (χ1v) is 6.94. The van der Waals surface area contributed by atoms with E-state index < -0.39 is 7.82 Å². The maximum atomic E-state index is 10.9. The van der Waals surface area contributed by atoms with E-state index in [9.17, 15) is 4.57 Å². The number of rotatable bonds is 4. The van der Waals surface area contributed by atoms with Crippen LogP contribution in [0.4, 0.5) is 0 Å². The Morgan fingerprint density at radius 1 is 0.944 bits per heavy atom. The minimum Gasteiger partial charge on any atom is -0.404 e. The molecule has 0 saturated carbocycles. The maximum Gasteiger partial charge on any atom is 0.524 e. The molecule has 0 spiro atoms. The third-order valence-electron chi connectivity index (χ3n) is 2.43. The van der Waals surface area contributed by atoms with Gasteiger partial charge in [-0.1, -0.05) is 48.5 Å². The van der Waals surface area contributed by atoms with Crippen LogP contribution in [0.2, 0.25) is 0 Å². The normalized spacial score (nSPS) is 11.2. The van der Waals surface area contributed by atoms with Gasteiger partial charge in [-0.25, -0.2) is 4.57 Å². The van der Waals surface area contributed by atoms with Gasteiger partial charge in [-0.15, -0.1) is 0 Å². The predicted molar refractivity (Wildman–Crippen MR) is 68.4 cm³/mol. The molecule has 18 heavy (non-hydrogen) atoms. The molecular formula is C13H13O4P. The first kappa shape index (κ1) is 12.8. The maximum absolute atomic E-state index is 10.9. The van der Waals surface area contributed by atoms with E-state index in [0.29, 0.717) is 6.42 Å². The van der Waals surface area contributed by atoms with E-state index in [2.05, 4.69) is 4.52 Å². The monoisotopic (exact) mass is 264 g/mol. The van der Waals surface area contributed by atoms with Crippen LogP contribution in [-0.2, 0) is 11.0 Å². The highest BCUT2D eigenvalue weighted by Crippen LogP contribution is 2.39. The second-order valence-corrected chi connectivity index (χ2v) is 5.02. The zero-order valence-corrected chi connectivity index (χ0v) is 10.5. The molecule has 0 aliphatic carbocycles. The van der Waals surface area contributed by atoms with E-state index >= 15 is 0 Å². The van der Waals surface area contributed by atoms with Crippen LogP contribution >= 0.6 is 7.82 Å². The van der Waals surface area contributed by atoms with Gasteiger partial charge >= 0.3 is 7.82 Å². The molecule has 0 unspecified atom stereocenters. The Balaban J connectivity index is 2.25. The van der Waals surface area contributed by atoms with E-state index in [4.69, 9.17) is 9.79 Å². The van der Waals surface area contributed by atoms with Gasteiger partial charge in [0.1, 0.15) is 5.75 Å². The molecule has 0 heterocycles. The summed E-state index contributed by atoms with van der Waals surface area (Å²) in [5.74, 6) is 0.217. The summed E-state index contributed by atoms with van der Waals surface area (Å²) in [7, 11) is -4.52. The van der Waals surface area contributed by atoms with Gasteiger partial charge in [0.2, 0.25) is 0 Å². The summed E-state index contributed by atoms with van der Waals surface area (Å²) in [5.41, 5.74) is 1.80. The second kappa shape index (κ2) is 5.36. The highest BCUT2D eigenvalue weighted by molar-refractivity contribution is 7.46. The molecule has 0 aromatic heterocycles. The fourth-order valence-electron chi connectivity index (χ4n) is 1.68. The zero-order chi connectivity index (χ0) is 13.0. The van der Waals surface area contributed by atoms with Crippen molar-refractivity contribution in [2.24, 2.45) is 0 Å². The quantitative estimate of drug-likeness (QED) is 0.833. The van der Waals surface area contributed by atoms with Crippen molar-refractivity contribution < 1.29 is 18.9 Å². The standard InChI is InChI=1S/C13H13O4P/c14-18(15,16)17-13-9-5-4-8-12(13)10-11-6-2-1-3-7-11/h1-9H,10H2,(H2,14,15,16). The summed E-state index contributed by atoms with van der Waals surface area (Å²) in [4.78, 5) is 17.7. The van der Waals surface area contributed by atoms with Crippen molar-refractivity contribution in [2.75, 3.05) is 0 Å². The average molecular weight is 264 g/mol. The van der Waals surface area contributed by atoms with Crippen molar-refractivity contribution in [3.05, 3.63) is 65.7 Å². The largest absolute Gasteiger partial charge is 0.524 e. The lowest BCUT2D eigenvalue weighted by Crippen LogP contribution is -1.96. The number of para-hydroxylation sites is 1. The van der Waals surface area contributed by atoms with Gasteiger partial charge in [-0.2, -0.15) is 0 Å². The third-order valence-corrected chi connectivity index (χ3v) is 2.86. The molecule has 2 N–H and O–H groups in total. The lowest BCUT2D eigenvalue weighted by Gasteiger charge is -2.11. The van der Waals surface area contributed by atoms with Gasteiger partial charge < -0.3 is 4.52 Å². The molecule has 2 aromatic rings. The molecule has 0 atom stereocenters. The van der Waals surface area contributed by atoms with Crippen LogP contribution < -0.4 is 4.52 Å². The van der Waals surface area contributed by atoms with Crippen molar-refractivity contribution in [2.45, 2.75) is 6.42 Å². The summed E-state index contributed by atoms with van der Waals surface area (Å²) in [6.45, 7) is 0. The van der Waals surface area contributed by atoms with Gasteiger partial charge in [-0.3, -0.25) is 9.79 Å². The Morgan fingerprint density at radius 3 is 2.22 bits per heavy atom. The van der Waals surface area contributed by atoms with Crippen molar-refractivity contribution in [1.82, 2.24) is 0 Å². The summed E-state index contributed by atoms with van der Waals surface area (Å²) >= 11 is 0. The molecule has 0 amide bonds. The topological polar surface area (TPSA) is 66.8 Å². The van der Waals surface area contributed by atoms with Crippen LogP contribution in [0.25, 0.3) is 0 Å². The highest BCUT2D eigenvalue weighted by atomic mass is 31.2. The molecule has 2 aromatic carbocycles. The molecule has 0 saturated heterocycles. The predicted octanol–water partition coefficient (Wildman–Crippen LogP) is 2.75. The lowest BCUT2D eigenvalue weighted by atomic mass is 10.0. The fourth-order valence-corrected chi connectivity index (χ4v) is 2.12. The Labute approximate surface area is 105 Å². The van der Waals surface area contributed by atoms with E-state index in [1.54, 1.807) is 18.2 Å². The van der Waals surface area contributed by atoms with Crippen LogP contribution in [0.15, 0.2) is 54.6 Å². The molecule has 4 nitrogen and oxygen atoms in total. The first-order chi connectivity index (χ1) is 8.54. The van der Waals surface area contributed by atoms with Crippen LogP contribution in [0.5, 0.6) is 5.75 Å². The van der Waals surface area contributed by atoms with Gasteiger partial charge in [-0.05, 0) is 17.2 Å². The molecule has 0 radical (unpaired) electrons. The van der Waals surface area contributed by atoms with Gasteiger partial charge in [0.15, 0.2) is 0 Å². The van der Waals surface area contributed by atoms with Crippen molar-refractivity contribution in [3.8, 4) is 5.75 Å². The van der Waals surface area contributed by atoms with E-state index in [1.807, 2.05) is 36.4 Å². The molecule has 0 aliphatic heterocycles. The van der Waals surface area contributed by atoms with Gasteiger partial charge in [0.25, 0.3) is 0 Å². The smallest absolute Gasteiger partial charge is 0.404 e. The summed E-state index contributed by atoms with van der Waals surface area (Å²) in [6, 6.07) is 16.5. The minimum atomic E-state index is -4.52. The van der Waals surface area contributed by atoms with Crippen molar-refractivity contribution in [1.29, 1.82) is 0 Å². The third kappa shape index (κ3) is 3.70. The number of phosphoric ester groups is 1. The van der Waals surface area contributed by atoms with E-state index in [0.717, 1.165) is 11.1 Å². The molecule has 0 fully saturated rings. The summed E-state index contributed by atoms with van der Waals surface area (Å²) < 4.78 is 15.5. The first-order valence-electron chi connectivity index (χ1n) is 5.41. The van der Waals surface area contributed by atoms with Crippen LogP contribution in [0, 0.1) is 0 Å². The Morgan fingerprint density at radius 2 is 1.56 bits per heavy atom. The molecule has 0 bridgehead atoms. The molecule has 2 rings (SSSR count). The Bertz CT molecular complexity index is 562. The average Bonchev–Trinajstić information content (AvgIpc) is 2.31. The lowest BCUT2D eigenvalue weighted by molar-refractivity contribution is 0.282. The zero-order valence-electron chi connectivity index (χ0n) is 9.56. The molecule has 5 heteroatoms. The van der Waals surface area contributed by atoms with E-state index in [-0.39, 0.29) is 5.75 Å². The SMILES string of the molecule is O=P(O)(O)Oc1ccccc1Cc1ccccc1. The molecule has 0 aliphatic rings. The van der Waals surface area contributed by atoms with E-state index in [1.165, 1.54) is 0 Å². The Hall–Kier alpha value is -1.61. The van der Waals surface area contributed by atoms with Crippen molar-refractivity contribution in [3.63, 3.8) is 0 Å². The summed E-state index contributed by atoms with van der Waals surface area (Å²) in [6.07, 6.45) is 0.566. The van der Waals surface area contributed by atoms with Crippen LogP contribution in [-0.4, -0.2) is 9.79 Å². The number of hydrogen-bond acceptors (Lipinski definition) is 2. The van der Waals surface area contributed by atoms with Crippen LogP contribution in [0.3, 0.4) is 0 Å². The molecule has 94 valence electrons. The molecular weight excluding hydrogens is 251 g/mol. The number of benzene rings is 2. The number of phosphoric acid groups is 1. The minimum absolute atomic E-state index is 0.217. The van der Waals surface area contributed by atoms with Gasteiger partial charge in [0, 0.05) is 6.42 Å². The second-order valence-electron chi connectivity index (χ2n) is 3.85. The van der Waals surface area contributed by atoms with Crippen LogP contribution in [0.1, 0.15) is 11.1 Å². The van der Waals surface area contributed by atoms with Gasteiger partial charge in [0.05, 0.1) is 0 Å². The Kier molecular flexibility index (Phi) is 3.82. The summed E-state index contributed by atoms with van der Waals surface area (Å²) in [5, 5.41) is 0. The number of hydrogen-bond donors (Lipinski definition) is 2. The highest BCUT2D eigenvalue weighted by Gasteiger charge is 2.17.